The fraction of sp³-hybridized carbons (Fsp3) is 0.923. The Labute approximate surface area is 143 Å². The van der Waals surface area contributed by atoms with E-state index in [2.05, 4.69) is 40.6 Å². The maximum Gasteiger partial charge on any atom is 0.191 e. The van der Waals surface area contributed by atoms with Gasteiger partial charge in [0.15, 0.2) is 5.96 Å². The van der Waals surface area contributed by atoms with Gasteiger partial charge in [0.2, 0.25) is 0 Å². The van der Waals surface area contributed by atoms with E-state index in [0.29, 0.717) is 6.04 Å². The van der Waals surface area contributed by atoms with Crippen LogP contribution in [0.4, 0.5) is 0 Å². The van der Waals surface area contributed by atoms with Gasteiger partial charge in [0, 0.05) is 24.9 Å². The number of aliphatic imine (C=N–C) groups is 1. The molecule has 1 rings (SSSR count). The number of thioether (sulfide) groups is 2. The summed E-state index contributed by atoms with van der Waals surface area (Å²) in [6, 6.07) is 0.612. The summed E-state index contributed by atoms with van der Waals surface area (Å²) >= 11 is 4.00. The second-order valence-electron chi connectivity index (χ2n) is 4.58. The Hall–Kier alpha value is 0.700. The Balaban J connectivity index is 0.00000324. The lowest BCUT2D eigenvalue weighted by molar-refractivity contribution is 0.614. The zero-order valence-corrected chi connectivity index (χ0v) is 16.2. The minimum atomic E-state index is 0. The largest absolute Gasteiger partial charge is 0.356 e. The first-order valence-electron chi connectivity index (χ1n) is 6.87. The molecule has 0 heterocycles. The standard InChI is InChI=1S/C13H27N3S2.HI/c1-4-18-12-7-6-11(10-12)16-13(14-2)15-8-5-9-17-3;/h11-12H,4-10H2,1-3H3,(H2,14,15,16);1H. The van der Waals surface area contributed by atoms with E-state index in [9.17, 15) is 0 Å². The van der Waals surface area contributed by atoms with Gasteiger partial charge in [-0.05, 0) is 43.4 Å². The molecule has 0 amide bonds. The van der Waals surface area contributed by atoms with Crippen LogP contribution in [-0.2, 0) is 0 Å². The highest BCUT2D eigenvalue weighted by molar-refractivity contribution is 14.0. The fourth-order valence-corrected chi connectivity index (χ4v) is 3.85. The molecule has 2 atom stereocenters. The SMILES string of the molecule is CCSC1CCC(NC(=NC)NCCCSC)C1.I. The second kappa shape index (κ2) is 12.4. The van der Waals surface area contributed by atoms with E-state index in [1.54, 1.807) is 0 Å². The van der Waals surface area contributed by atoms with Crippen molar-refractivity contribution < 1.29 is 0 Å². The van der Waals surface area contributed by atoms with Crippen LogP contribution in [0.25, 0.3) is 0 Å². The third kappa shape index (κ3) is 8.55. The van der Waals surface area contributed by atoms with Gasteiger partial charge in [-0.1, -0.05) is 6.92 Å². The first kappa shape index (κ1) is 19.7. The lowest BCUT2D eigenvalue weighted by Gasteiger charge is -2.17. The Morgan fingerprint density at radius 3 is 2.79 bits per heavy atom. The van der Waals surface area contributed by atoms with Gasteiger partial charge in [-0.3, -0.25) is 4.99 Å². The monoisotopic (exact) mass is 417 g/mol. The molecule has 0 bridgehead atoms. The number of halogens is 1. The van der Waals surface area contributed by atoms with Crippen LogP contribution in [0.5, 0.6) is 0 Å². The molecule has 3 nitrogen and oxygen atoms in total. The van der Waals surface area contributed by atoms with Crippen molar-refractivity contribution in [2.75, 3.05) is 31.4 Å². The van der Waals surface area contributed by atoms with Crippen molar-refractivity contribution in [2.24, 2.45) is 4.99 Å². The van der Waals surface area contributed by atoms with Crippen LogP contribution in [0.2, 0.25) is 0 Å². The molecule has 2 N–H and O–H groups in total. The van der Waals surface area contributed by atoms with E-state index in [0.717, 1.165) is 17.8 Å². The number of nitrogens with one attached hydrogen (secondary N) is 2. The van der Waals surface area contributed by atoms with Crippen LogP contribution in [0.15, 0.2) is 4.99 Å². The second-order valence-corrected chi connectivity index (χ2v) is 7.14. The first-order chi connectivity index (χ1) is 8.80. The quantitative estimate of drug-likeness (QED) is 0.289. The highest BCUT2D eigenvalue weighted by atomic mass is 127. The van der Waals surface area contributed by atoms with Gasteiger partial charge in [0.05, 0.1) is 0 Å². The first-order valence-corrected chi connectivity index (χ1v) is 9.32. The van der Waals surface area contributed by atoms with Gasteiger partial charge in [0.25, 0.3) is 0 Å². The molecule has 1 aliphatic carbocycles. The normalized spacial score (nSPS) is 23.0. The minimum absolute atomic E-state index is 0. The number of hydrogen-bond donors (Lipinski definition) is 2. The average molecular weight is 417 g/mol. The number of nitrogens with zero attached hydrogens (tertiary/aromatic N) is 1. The van der Waals surface area contributed by atoms with Crippen molar-refractivity contribution in [3.63, 3.8) is 0 Å². The molecule has 0 aromatic heterocycles. The molecule has 0 radical (unpaired) electrons. The van der Waals surface area contributed by atoms with Crippen LogP contribution in [-0.4, -0.2) is 48.6 Å². The summed E-state index contributed by atoms with van der Waals surface area (Å²) in [4.78, 5) is 4.30. The maximum atomic E-state index is 4.30. The van der Waals surface area contributed by atoms with Crippen LogP contribution in [0, 0.1) is 0 Å². The molecule has 1 saturated carbocycles. The molecular weight excluding hydrogens is 389 g/mol. The summed E-state index contributed by atoms with van der Waals surface area (Å²) in [5.41, 5.74) is 0. The Bertz CT molecular complexity index is 252. The van der Waals surface area contributed by atoms with E-state index in [-0.39, 0.29) is 24.0 Å². The lowest BCUT2D eigenvalue weighted by atomic mass is 10.2. The van der Waals surface area contributed by atoms with Crippen LogP contribution in [0.3, 0.4) is 0 Å². The van der Waals surface area contributed by atoms with Gasteiger partial charge in [-0.2, -0.15) is 23.5 Å². The van der Waals surface area contributed by atoms with Crippen molar-refractivity contribution in [1.29, 1.82) is 0 Å². The Kier molecular flexibility index (Phi) is 12.9. The number of rotatable bonds is 7. The number of hydrogen-bond acceptors (Lipinski definition) is 3. The highest BCUT2D eigenvalue weighted by Gasteiger charge is 2.24. The van der Waals surface area contributed by atoms with E-state index in [4.69, 9.17) is 0 Å². The molecule has 1 aliphatic rings. The Morgan fingerprint density at radius 1 is 1.37 bits per heavy atom. The topological polar surface area (TPSA) is 36.4 Å². The Morgan fingerprint density at radius 2 is 2.16 bits per heavy atom. The van der Waals surface area contributed by atoms with Crippen LogP contribution in [0.1, 0.15) is 32.6 Å². The minimum Gasteiger partial charge on any atom is -0.356 e. The molecule has 0 spiro atoms. The maximum absolute atomic E-state index is 4.30. The summed E-state index contributed by atoms with van der Waals surface area (Å²) in [5.74, 6) is 3.42. The number of guanidine groups is 1. The third-order valence-corrected chi connectivity index (χ3v) is 5.10. The third-order valence-electron chi connectivity index (χ3n) is 3.17. The predicted octanol–water partition coefficient (Wildman–Crippen LogP) is 3.20. The molecule has 0 aromatic carbocycles. The van der Waals surface area contributed by atoms with Gasteiger partial charge < -0.3 is 10.6 Å². The summed E-state index contributed by atoms with van der Waals surface area (Å²) in [5, 5.41) is 7.80. The molecule has 2 unspecified atom stereocenters. The summed E-state index contributed by atoms with van der Waals surface area (Å²) < 4.78 is 0. The summed E-state index contributed by atoms with van der Waals surface area (Å²) in [6.45, 7) is 3.26. The molecule has 114 valence electrons. The van der Waals surface area contributed by atoms with Crippen molar-refractivity contribution in [1.82, 2.24) is 10.6 Å². The zero-order valence-electron chi connectivity index (χ0n) is 12.3. The van der Waals surface area contributed by atoms with E-state index in [1.165, 1.54) is 37.2 Å². The van der Waals surface area contributed by atoms with Crippen LogP contribution < -0.4 is 10.6 Å². The molecular formula is C13H28IN3S2. The molecule has 0 aliphatic heterocycles. The van der Waals surface area contributed by atoms with E-state index < -0.39 is 0 Å². The van der Waals surface area contributed by atoms with Crippen molar-refractivity contribution >= 4 is 53.5 Å². The van der Waals surface area contributed by atoms with Crippen molar-refractivity contribution in [3.8, 4) is 0 Å². The lowest BCUT2D eigenvalue weighted by Crippen LogP contribution is -2.43. The smallest absolute Gasteiger partial charge is 0.191 e. The average Bonchev–Trinajstić information content (AvgIpc) is 2.81. The summed E-state index contributed by atoms with van der Waals surface area (Å²) in [6.07, 6.45) is 7.25. The zero-order chi connectivity index (χ0) is 13.2. The van der Waals surface area contributed by atoms with Crippen LogP contribution >= 0.6 is 47.5 Å². The molecule has 1 fully saturated rings. The molecule has 6 heteroatoms. The molecule has 19 heavy (non-hydrogen) atoms. The van der Waals surface area contributed by atoms with Crippen molar-refractivity contribution in [3.05, 3.63) is 0 Å². The predicted molar refractivity (Wildman–Crippen MR) is 102 cm³/mol. The van der Waals surface area contributed by atoms with Gasteiger partial charge in [-0.25, -0.2) is 0 Å². The molecule has 0 saturated heterocycles. The molecule has 0 aromatic rings. The fourth-order valence-electron chi connectivity index (χ4n) is 2.27. The van der Waals surface area contributed by atoms with Gasteiger partial charge in [0.1, 0.15) is 0 Å². The van der Waals surface area contributed by atoms with E-state index >= 15 is 0 Å². The summed E-state index contributed by atoms with van der Waals surface area (Å²) in [7, 11) is 1.86. The van der Waals surface area contributed by atoms with Gasteiger partial charge in [-0.15, -0.1) is 24.0 Å². The highest BCUT2D eigenvalue weighted by Crippen LogP contribution is 2.29. The van der Waals surface area contributed by atoms with E-state index in [1.807, 2.05) is 18.8 Å². The van der Waals surface area contributed by atoms with Crippen molar-refractivity contribution in [2.45, 2.75) is 43.9 Å². The van der Waals surface area contributed by atoms with Gasteiger partial charge >= 0.3 is 0 Å².